The Morgan fingerprint density at radius 2 is 1.80 bits per heavy atom. The molecule has 1 aliphatic carbocycles. The van der Waals surface area contributed by atoms with E-state index in [9.17, 15) is 9.18 Å². The Kier molecular flexibility index (Phi) is 8.02. The van der Waals surface area contributed by atoms with Gasteiger partial charge in [0.1, 0.15) is 17.5 Å². The predicted octanol–water partition coefficient (Wildman–Crippen LogP) is 6.17. The molecule has 0 unspecified atom stereocenters. The summed E-state index contributed by atoms with van der Waals surface area (Å²) >= 11 is 0. The third-order valence-electron chi connectivity index (χ3n) is 7.07. The summed E-state index contributed by atoms with van der Waals surface area (Å²) in [6.45, 7) is 3.51. The van der Waals surface area contributed by atoms with E-state index in [-0.39, 0.29) is 17.4 Å². The van der Waals surface area contributed by atoms with E-state index in [1.165, 1.54) is 18.2 Å². The van der Waals surface area contributed by atoms with Crippen LogP contribution in [-0.4, -0.2) is 36.0 Å². The third kappa shape index (κ3) is 6.10. The number of aryl methyl sites for hydroxylation is 1. The minimum absolute atomic E-state index is 0.0873. The molecule has 1 aliphatic rings. The van der Waals surface area contributed by atoms with Gasteiger partial charge in [0.05, 0.1) is 11.1 Å². The molecule has 1 saturated carbocycles. The minimum atomic E-state index is -0.753. The maximum atomic E-state index is 15.3. The van der Waals surface area contributed by atoms with Crippen LogP contribution in [0.5, 0.6) is 0 Å². The first-order valence-electron chi connectivity index (χ1n) is 13.3. The molecule has 0 radical (unpaired) electrons. The second-order valence-corrected chi connectivity index (χ2v) is 10.1. The molecule has 40 heavy (non-hydrogen) atoms. The van der Waals surface area contributed by atoms with Gasteiger partial charge in [-0.3, -0.25) is 4.79 Å². The van der Waals surface area contributed by atoms with E-state index in [2.05, 4.69) is 31.2 Å². The van der Waals surface area contributed by atoms with E-state index in [1.54, 1.807) is 30.5 Å². The molecule has 1 aromatic heterocycles. The third-order valence-corrected chi connectivity index (χ3v) is 7.07. The van der Waals surface area contributed by atoms with Crippen LogP contribution in [0.4, 0.5) is 31.9 Å². The molecule has 206 valence electrons. The van der Waals surface area contributed by atoms with Crippen molar-refractivity contribution in [1.82, 2.24) is 15.3 Å². The van der Waals surface area contributed by atoms with Crippen molar-refractivity contribution in [2.75, 3.05) is 36.1 Å². The number of nitrogens with one attached hydrogen (secondary N) is 4. The van der Waals surface area contributed by atoms with Crippen LogP contribution in [0.1, 0.15) is 30.4 Å². The molecule has 5 rings (SSSR count). The summed E-state index contributed by atoms with van der Waals surface area (Å²) in [4.78, 5) is 22.3. The molecule has 0 spiro atoms. The Hall–Kier alpha value is -4.37. The molecule has 1 fully saturated rings. The molecular weight excluding hydrogens is 510 g/mol. The summed E-state index contributed by atoms with van der Waals surface area (Å²) in [6, 6.07) is 18.5. The number of hydrogen-bond donors (Lipinski definition) is 4. The number of aromatic nitrogens is 2. The quantitative estimate of drug-likeness (QED) is 0.170. The van der Waals surface area contributed by atoms with Crippen molar-refractivity contribution in [3.8, 4) is 11.1 Å². The number of hydrogen-bond acceptors (Lipinski definition) is 6. The van der Waals surface area contributed by atoms with Crippen LogP contribution in [0.15, 0.2) is 72.9 Å². The zero-order valence-electron chi connectivity index (χ0n) is 22.5. The topological polar surface area (TPSA) is 91.0 Å². The van der Waals surface area contributed by atoms with Crippen LogP contribution in [0.25, 0.3) is 11.1 Å². The Labute approximate surface area is 232 Å². The highest BCUT2D eigenvalue weighted by Gasteiger charge is 2.51. The van der Waals surface area contributed by atoms with Gasteiger partial charge in [0.2, 0.25) is 11.9 Å². The van der Waals surface area contributed by atoms with Crippen LogP contribution < -0.4 is 21.3 Å². The van der Waals surface area contributed by atoms with E-state index in [0.717, 1.165) is 29.8 Å². The van der Waals surface area contributed by atoms with Crippen LogP contribution >= 0.6 is 0 Å². The molecule has 3 aromatic carbocycles. The van der Waals surface area contributed by atoms with Crippen molar-refractivity contribution in [3.05, 3.63) is 95.7 Å². The lowest BCUT2D eigenvalue weighted by Gasteiger charge is -2.17. The summed E-state index contributed by atoms with van der Waals surface area (Å²) in [7, 11) is 1.90. The summed E-state index contributed by atoms with van der Waals surface area (Å²) in [6.07, 6.45) is 3.79. The molecular formula is C31H32F2N6O. The van der Waals surface area contributed by atoms with Gasteiger partial charge < -0.3 is 21.3 Å². The van der Waals surface area contributed by atoms with Crippen molar-refractivity contribution in [2.24, 2.45) is 0 Å². The number of nitrogens with zero attached hydrogens (tertiary/aromatic N) is 2. The second-order valence-electron chi connectivity index (χ2n) is 10.1. The molecule has 0 saturated heterocycles. The molecule has 0 bridgehead atoms. The molecule has 4 aromatic rings. The normalized spacial score (nSPS) is 13.5. The van der Waals surface area contributed by atoms with Gasteiger partial charge >= 0.3 is 0 Å². The summed E-state index contributed by atoms with van der Waals surface area (Å²) in [5, 5.41) is 12.4. The maximum Gasteiger partial charge on any atom is 0.235 e. The van der Waals surface area contributed by atoms with Gasteiger partial charge in [-0.25, -0.2) is 13.8 Å². The SMILES string of the molecule is CNCCCNc1nc(Nc2cccc(C)c2)ncc1-c1ccc(NC(=O)C2(c3ccc(F)cc3)CC2)c(F)c1. The van der Waals surface area contributed by atoms with Gasteiger partial charge in [-0.1, -0.05) is 30.3 Å². The first kappa shape index (κ1) is 27.2. The molecule has 1 amide bonds. The standard InChI is InChI=1S/C31H32F2N6O/c1-20-5-3-6-24(17-20)37-30-36-19-25(28(39-30)35-16-4-15-34-2)21-7-12-27(26(33)18-21)38-29(40)31(13-14-31)22-8-10-23(32)11-9-22/h3,5-12,17-19,34H,4,13-16H2,1-2H3,(H,38,40)(H2,35,36,37,39). The van der Waals surface area contributed by atoms with Crippen molar-refractivity contribution < 1.29 is 13.6 Å². The number of carbonyl (C=O) groups excluding carboxylic acids is 1. The zero-order valence-corrected chi connectivity index (χ0v) is 22.5. The highest BCUT2D eigenvalue weighted by Crippen LogP contribution is 2.49. The average Bonchev–Trinajstić information content (AvgIpc) is 3.75. The Bertz CT molecular complexity index is 1500. The molecule has 0 atom stereocenters. The first-order chi connectivity index (χ1) is 19.4. The van der Waals surface area contributed by atoms with E-state index >= 15 is 4.39 Å². The molecule has 4 N–H and O–H groups in total. The van der Waals surface area contributed by atoms with E-state index < -0.39 is 11.2 Å². The fourth-order valence-electron chi connectivity index (χ4n) is 4.68. The van der Waals surface area contributed by atoms with Gasteiger partial charge in [0, 0.05) is 24.0 Å². The summed E-state index contributed by atoms with van der Waals surface area (Å²) in [5.74, 6) is -0.229. The van der Waals surface area contributed by atoms with Crippen molar-refractivity contribution >= 4 is 29.0 Å². The van der Waals surface area contributed by atoms with Crippen molar-refractivity contribution in [2.45, 2.75) is 31.6 Å². The van der Waals surface area contributed by atoms with Crippen LogP contribution in [0.3, 0.4) is 0 Å². The maximum absolute atomic E-state index is 15.3. The van der Waals surface area contributed by atoms with Crippen molar-refractivity contribution in [3.63, 3.8) is 0 Å². The lowest BCUT2D eigenvalue weighted by molar-refractivity contribution is -0.118. The molecule has 1 heterocycles. The van der Waals surface area contributed by atoms with Gasteiger partial charge in [-0.15, -0.1) is 0 Å². The van der Waals surface area contributed by atoms with Gasteiger partial charge in [-0.05, 0) is 92.9 Å². The van der Waals surface area contributed by atoms with Crippen LogP contribution in [-0.2, 0) is 10.2 Å². The lowest BCUT2D eigenvalue weighted by atomic mass is 9.95. The first-order valence-corrected chi connectivity index (χ1v) is 13.3. The lowest BCUT2D eigenvalue weighted by Crippen LogP contribution is -2.28. The predicted molar refractivity (Wildman–Crippen MR) is 155 cm³/mol. The van der Waals surface area contributed by atoms with Crippen molar-refractivity contribution in [1.29, 1.82) is 0 Å². The van der Waals surface area contributed by atoms with Gasteiger partial charge in [0.25, 0.3) is 0 Å². The highest BCUT2D eigenvalue weighted by atomic mass is 19.1. The van der Waals surface area contributed by atoms with E-state index in [1.807, 2.05) is 38.2 Å². The number of benzene rings is 3. The smallest absolute Gasteiger partial charge is 0.235 e. The molecule has 0 aliphatic heterocycles. The minimum Gasteiger partial charge on any atom is -0.369 e. The van der Waals surface area contributed by atoms with Gasteiger partial charge in [0.15, 0.2) is 0 Å². The highest BCUT2D eigenvalue weighted by molar-refractivity contribution is 6.01. The van der Waals surface area contributed by atoms with Crippen LogP contribution in [0, 0.1) is 18.6 Å². The van der Waals surface area contributed by atoms with Crippen LogP contribution in [0.2, 0.25) is 0 Å². The average molecular weight is 543 g/mol. The Morgan fingerprint density at radius 1 is 1.00 bits per heavy atom. The molecule has 7 nitrogen and oxygen atoms in total. The molecule has 9 heteroatoms. The number of halogens is 2. The Morgan fingerprint density at radius 3 is 2.50 bits per heavy atom. The monoisotopic (exact) mass is 542 g/mol. The fraction of sp³-hybridized carbons (Fsp3) is 0.258. The number of anilines is 4. The Balaban J connectivity index is 1.37. The number of rotatable bonds is 11. The van der Waals surface area contributed by atoms with E-state index in [4.69, 9.17) is 0 Å². The zero-order chi connectivity index (χ0) is 28.1. The largest absolute Gasteiger partial charge is 0.369 e. The number of carbonyl (C=O) groups is 1. The fourth-order valence-corrected chi connectivity index (χ4v) is 4.68. The summed E-state index contributed by atoms with van der Waals surface area (Å²) in [5.41, 5.74) is 3.26. The van der Waals surface area contributed by atoms with Gasteiger partial charge in [-0.2, -0.15) is 4.98 Å². The number of amides is 1. The second kappa shape index (κ2) is 11.8. The summed E-state index contributed by atoms with van der Waals surface area (Å²) < 4.78 is 28.7. The van der Waals surface area contributed by atoms with E-state index in [0.29, 0.717) is 42.3 Å².